The van der Waals surface area contributed by atoms with Gasteiger partial charge in [-0.05, 0) is 31.0 Å². The van der Waals surface area contributed by atoms with E-state index in [0.717, 1.165) is 29.7 Å². The Hall–Kier alpha value is -2.34. The van der Waals surface area contributed by atoms with Crippen molar-refractivity contribution in [2.75, 3.05) is 6.54 Å². The smallest absolute Gasteiger partial charge is 0.276 e. The van der Waals surface area contributed by atoms with E-state index in [4.69, 9.17) is 16.1 Å². The molecule has 1 saturated heterocycles. The number of nitrogens with zero attached hydrogens (tertiary/aromatic N) is 3. The van der Waals surface area contributed by atoms with E-state index in [2.05, 4.69) is 15.1 Å². The largest absolute Gasteiger partial charge is 0.364 e. The van der Waals surface area contributed by atoms with Crippen molar-refractivity contribution in [1.82, 2.24) is 20.0 Å². The number of fused-ring (bicyclic) bond motifs is 1. The molecule has 6 nitrogen and oxygen atoms in total. The Balaban J connectivity index is 1.68. The van der Waals surface area contributed by atoms with Crippen LogP contribution in [0.25, 0.3) is 11.0 Å². The standard InChI is InChI=1S/C15H13ClN4O2/c16-9-3-4-10-12(8-9)18-14(17-10)13-2-1-6-20(13)15(21)11-5-7-22-19-11/h3-5,7-8,13H,1-2,6H2,(H,17,18). The molecule has 1 aliphatic rings. The van der Waals surface area contributed by atoms with E-state index in [9.17, 15) is 4.79 Å². The number of rotatable bonds is 2. The van der Waals surface area contributed by atoms with Crippen LogP contribution in [0.15, 0.2) is 35.1 Å². The molecule has 1 N–H and O–H groups in total. The van der Waals surface area contributed by atoms with Gasteiger partial charge in [0.15, 0.2) is 5.69 Å². The lowest BCUT2D eigenvalue weighted by Crippen LogP contribution is -2.31. The summed E-state index contributed by atoms with van der Waals surface area (Å²) in [5.74, 6) is 0.654. The van der Waals surface area contributed by atoms with Crippen molar-refractivity contribution in [3.63, 3.8) is 0 Å². The van der Waals surface area contributed by atoms with Crippen LogP contribution in [0.2, 0.25) is 5.02 Å². The summed E-state index contributed by atoms with van der Waals surface area (Å²) >= 11 is 6.00. The van der Waals surface area contributed by atoms with Crippen LogP contribution >= 0.6 is 11.6 Å². The first-order valence-electron chi connectivity index (χ1n) is 7.09. The summed E-state index contributed by atoms with van der Waals surface area (Å²) in [7, 11) is 0. The molecule has 1 aromatic carbocycles. The predicted octanol–water partition coefficient (Wildman–Crippen LogP) is 3.18. The molecule has 7 heteroatoms. The molecular formula is C15H13ClN4O2. The van der Waals surface area contributed by atoms with Crippen molar-refractivity contribution in [2.24, 2.45) is 0 Å². The highest BCUT2D eigenvalue weighted by Crippen LogP contribution is 2.32. The maximum atomic E-state index is 12.5. The Morgan fingerprint density at radius 3 is 3.14 bits per heavy atom. The highest BCUT2D eigenvalue weighted by molar-refractivity contribution is 6.31. The summed E-state index contributed by atoms with van der Waals surface area (Å²) in [6.45, 7) is 0.689. The monoisotopic (exact) mass is 316 g/mol. The highest BCUT2D eigenvalue weighted by atomic mass is 35.5. The Morgan fingerprint density at radius 2 is 2.32 bits per heavy atom. The molecule has 22 heavy (non-hydrogen) atoms. The van der Waals surface area contributed by atoms with Gasteiger partial charge in [-0.1, -0.05) is 16.8 Å². The molecule has 0 spiro atoms. The van der Waals surface area contributed by atoms with Crippen molar-refractivity contribution < 1.29 is 9.32 Å². The van der Waals surface area contributed by atoms with Gasteiger partial charge < -0.3 is 14.4 Å². The second kappa shape index (κ2) is 5.14. The number of hydrogen-bond donors (Lipinski definition) is 1. The lowest BCUT2D eigenvalue weighted by atomic mass is 10.2. The number of benzene rings is 1. The summed E-state index contributed by atoms with van der Waals surface area (Å²) in [5, 5.41) is 4.39. The minimum atomic E-state index is -0.130. The summed E-state index contributed by atoms with van der Waals surface area (Å²) < 4.78 is 4.76. The number of amides is 1. The lowest BCUT2D eigenvalue weighted by Gasteiger charge is -2.21. The molecule has 1 fully saturated rings. The fraction of sp³-hybridized carbons (Fsp3) is 0.267. The van der Waals surface area contributed by atoms with Gasteiger partial charge in [0.25, 0.3) is 5.91 Å². The maximum absolute atomic E-state index is 12.5. The van der Waals surface area contributed by atoms with Crippen LogP contribution in [0.4, 0.5) is 0 Å². The van der Waals surface area contributed by atoms with E-state index in [1.807, 2.05) is 18.2 Å². The molecule has 1 atom stereocenters. The van der Waals surface area contributed by atoms with Crippen molar-refractivity contribution in [3.8, 4) is 0 Å². The Bertz CT molecular complexity index is 827. The van der Waals surface area contributed by atoms with Gasteiger partial charge in [0.1, 0.15) is 12.1 Å². The maximum Gasteiger partial charge on any atom is 0.276 e. The minimum Gasteiger partial charge on any atom is -0.364 e. The van der Waals surface area contributed by atoms with Gasteiger partial charge in [0, 0.05) is 17.6 Å². The highest BCUT2D eigenvalue weighted by Gasteiger charge is 2.33. The van der Waals surface area contributed by atoms with E-state index < -0.39 is 0 Å². The number of nitrogens with one attached hydrogen (secondary N) is 1. The zero-order valence-corrected chi connectivity index (χ0v) is 12.4. The molecule has 0 radical (unpaired) electrons. The number of aromatic nitrogens is 3. The molecule has 1 amide bonds. The first-order valence-corrected chi connectivity index (χ1v) is 7.47. The minimum absolute atomic E-state index is 0.0737. The quantitative estimate of drug-likeness (QED) is 0.788. The fourth-order valence-electron chi connectivity index (χ4n) is 2.92. The normalized spacial score (nSPS) is 18.2. The lowest BCUT2D eigenvalue weighted by molar-refractivity contribution is 0.0720. The number of hydrogen-bond acceptors (Lipinski definition) is 4. The van der Waals surface area contributed by atoms with Crippen LogP contribution < -0.4 is 0 Å². The summed E-state index contributed by atoms with van der Waals surface area (Å²) in [6.07, 6.45) is 3.21. The molecule has 2 aromatic heterocycles. The van der Waals surface area contributed by atoms with Crippen LogP contribution in [-0.2, 0) is 0 Å². The van der Waals surface area contributed by atoms with Gasteiger partial charge >= 0.3 is 0 Å². The Labute approximate surface area is 131 Å². The molecule has 0 saturated carbocycles. The van der Waals surface area contributed by atoms with Gasteiger partial charge in [-0.25, -0.2) is 4.98 Å². The van der Waals surface area contributed by atoms with Gasteiger partial charge in [-0.3, -0.25) is 4.79 Å². The molecule has 1 unspecified atom stereocenters. The van der Waals surface area contributed by atoms with Crippen LogP contribution in [0.5, 0.6) is 0 Å². The topological polar surface area (TPSA) is 75.0 Å². The van der Waals surface area contributed by atoms with Gasteiger partial charge in [-0.2, -0.15) is 0 Å². The second-order valence-corrected chi connectivity index (χ2v) is 5.76. The number of carbonyl (C=O) groups excluding carboxylic acids is 1. The van der Waals surface area contributed by atoms with Gasteiger partial charge in [0.2, 0.25) is 0 Å². The molecule has 0 bridgehead atoms. The van der Waals surface area contributed by atoms with Crippen molar-refractivity contribution >= 4 is 28.5 Å². The molecule has 1 aliphatic heterocycles. The van der Waals surface area contributed by atoms with Crippen molar-refractivity contribution in [3.05, 3.63) is 47.1 Å². The number of aromatic amines is 1. The van der Waals surface area contributed by atoms with Crippen molar-refractivity contribution in [1.29, 1.82) is 0 Å². The number of imidazole rings is 1. The van der Waals surface area contributed by atoms with Crippen LogP contribution in [0, 0.1) is 0 Å². The SMILES string of the molecule is O=C(c1ccon1)N1CCCC1c1nc2ccc(Cl)cc2[nH]1. The molecule has 112 valence electrons. The average Bonchev–Trinajstić information content (AvgIpc) is 3.24. The molecule has 3 heterocycles. The first-order chi connectivity index (χ1) is 10.7. The van der Waals surface area contributed by atoms with E-state index in [-0.39, 0.29) is 11.9 Å². The van der Waals surface area contributed by atoms with Crippen LogP contribution in [-0.4, -0.2) is 32.5 Å². The first kappa shape index (κ1) is 13.3. The zero-order valence-electron chi connectivity index (χ0n) is 11.6. The van der Waals surface area contributed by atoms with Gasteiger partial charge in [0.05, 0.1) is 17.1 Å². The molecule has 0 aliphatic carbocycles. The van der Waals surface area contributed by atoms with Crippen LogP contribution in [0.3, 0.4) is 0 Å². The molecular weight excluding hydrogens is 304 g/mol. The second-order valence-electron chi connectivity index (χ2n) is 5.32. The fourth-order valence-corrected chi connectivity index (χ4v) is 3.10. The summed E-state index contributed by atoms with van der Waals surface area (Å²) in [5.41, 5.74) is 2.05. The predicted molar refractivity (Wildman–Crippen MR) is 80.6 cm³/mol. The van der Waals surface area contributed by atoms with E-state index in [1.165, 1.54) is 6.26 Å². The Morgan fingerprint density at radius 1 is 1.41 bits per heavy atom. The van der Waals surface area contributed by atoms with E-state index in [0.29, 0.717) is 17.3 Å². The zero-order chi connectivity index (χ0) is 15.1. The van der Waals surface area contributed by atoms with E-state index in [1.54, 1.807) is 11.0 Å². The van der Waals surface area contributed by atoms with Gasteiger partial charge in [-0.15, -0.1) is 0 Å². The molecule has 4 rings (SSSR count). The summed E-state index contributed by atoms with van der Waals surface area (Å²) in [6, 6.07) is 7.02. The number of H-pyrrole nitrogens is 1. The van der Waals surface area contributed by atoms with E-state index >= 15 is 0 Å². The number of carbonyl (C=O) groups is 1. The third kappa shape index (κ3) is 2.16. The third-order valence-corrected chi connectivity index (χ3v) is 4.18. The summed E-state index contributed by atoms with van der Waals surface area (Å²) in [4.78, 5) is 22.2. The number of likely N-dealkylation sites (tertiary alicyclic amines) is 1. The molecule has 3 aromatic rings. The third-order valence-electron chi connectivity index (χ3n) is 3.95. The Kier molecular flexibility index (Phi) is 3.11. The van der Waals surface area contributed by atoms with Crippen molar-refractivity contribution in [2.45, 2.75) is 18.9 Å². The number of halogens is 1. The van der Waals surface area contributed by atoms with Crippen LogP contribution in [0.1, 0.15) is 35.2 Å². The average molecular weight is 317 g/mol.